The summed E-state index contributed by atoms with van der Waals surface area (Å²) in [5.41, 5.74) is 4.17. The Kier molecular flexibility index (Phi) is 10.6. The fraction of sp³-hybridized carbons (Fsp3) is 0.394. The number of aryl methyl sites for hydroxylation is 1. The van der Waals surface area contributed by atoms with Gasteiger partial charge < -0.3 is 10.2 Å². The summed E-state index contributed by atoms with van der Waals surface area (Å²) >= 11 is 0. The Morgan fingerprint density at radius 3 is 2.11 bits per heavy atom. The molecule has 38 heavy (non-hydrogen) atoms. The number of hydrogen-bond acceptors (Lipinski definition) is 2. The van der Waals surface area contributed by atoms with Crippen molar-refractivity contribution in [2.45, 2.75) is 77.8 Å². The van der Waals surface area contributed by atoms with E-state index in [1.54, 1.807) is 17.0 Å². The third-order valence-corrected chi connectivity index (χ3v) is 6.81. The summed E-state index contributed by atoms with van der Waals surface area (Å²) < 4.78 is 13.6. The second-order valence-corrected chi connectivity index (χ2v) is 10.9. The Balaban J connectivity index is 1.85. The summed E-state index contributed by atoms with van der Waals surface area (Å²) in [6, 6.07) is 23.6. The molecule has 0 aliphatic heterocycles. The van der Waals surface area contributed by atoms with E-state index < -0.39 is 6.04 Å². The Bertz CT molecular complexity index is 1150. The molecule has 0 saturated carbocycles. The first-order valence-electron chi connectivity index (χ1n) is 13.6. The van der Waals surface area contributed by atoms with Crippen molar-refractivity contribution in [2.24, 2.45) is 0 Å². The zero-order chi connectivity index (χ0) is 27.5. The average Bonchev–Trinajstić information content (AvgIpc) is 2.90. The third kappa shape index (κ3) is 8.83. The van der Waals surface area contributed by atoms with E-state index in [1.807, 2.05) is 30.3 Å². The smallest absolute Gasteiger partial charge is 0.243 e. The Morgan fingerprint density at radius 2 is 1.50 bits per heavy atom. The molecule has 3 aromatic rings. The van der Waals surface area contributed by atoms with Crippen molar-refractivity contribution >= 4 is 11.8 Å². The lowest BCUT2D eigenvalue weighted by Crippen LogP contribution is -2.50. The predicted molar refractivity (Wildman–Crippen MR) is 152 cm³/mol. The van der Waals surface area contributed by atoms with Crippen LogP contribution in [0.25, 0.3) is 0 Å². The zero-order valence-corrected chi connectivity index (χ0v) is 23.2. The van der Waals surface area contributed by atoms with Crippen LogP contribution >= 0.6 is 0 Å². The van der Waals surface area contributed by atoms with Crippen LogP contribution in [0.5, 0.6) is 0 Å². The summed E-state index contributed by atoms with van der Waals surface area (Å²) in [7, 11) is 0. The van der Waals surface area contributed by atoms with Gasteiger partial charge in [-0.3, -0.25) is 9.59 Å². The molecule has 0 aliphatic rings. The van der Waals surface area contributed by atoms with Gasteiger partial charge in [-0.05, 0) is 52.6 Å². The topological polar surface area (TPSA) is 49.4 Å². The van der Waals surface area contributed by atoms with Gasteiger partial charge in [0.15, 0.2) is 0 Å². The third-order valence-electron chi connectivity index (χ3n) is 6.81. The SMILES string of the molecule is CCCCNC(=O)[C@@H](Cc1ccccc1)N(Cc1ccc(F)cc1)C(=O)CCc1ccc(C(C)(C)C)cc1. The summed E-state index contributed by atoms with van der Waals surface area (Å²) in [5.74, 6) is -0.587. The van der Waals surface area contributed by atoms with Gasteiger partial charge in [-0.15, -0.1) is 0 Å². The lowest BCUT2D eigenvalue weighted by molar-refractivity contribution is -0.141. The molecule has 4 nitrogen and oxygen atoms in total. The molecule has 202 valence electrons. The van der Waals surface area contributed by atoms with E-state index in [0.29, 0.717) is 19.4 Å². The van der Waals surface area contributed by atoms with Crippen molar-refractivity contribution in [3.63, 3.8) is 0 Å². The molecule has 0 saturated heterocycles. The largest absolute Gasteiger partial charge is 0.354 e. The lowest BCUT2D eigenvalue weighted by atomic mass is 9.86. The molecule has 0 fully saturated rings. The van der Waals surface area contributed by atoms with Crippen LogP contribution < -0.4 is 5.32 Å². The van der Waals surface area contributed by atoms with Gasteiger partial charge in [0.25, 0.3) is 0 Å². The van der Waals surface area contributed by atoms with E-state index in [2.05, 4.69) is 57.3 Å². The molecule has 2 amide bonds. The molecule has 0 unspecified atom stereocenters. The van der Waals surface area contributed by atoms with Crippen molar-refractivity contribution in [2.75, 3.05) is 6.54 Å². The monoisotopic (exact) mass is 516 g/mol. The minimum absolute atomic E-state index is 0.0656. The van der Waals surface area contributed by atoms with Gasteiger partial charge in [-0.25, -0.2) is 4.39 Å². The molecule has 0 bridgehead atoms. The molecular weight excluding hydrogens is 475 g/mol. The van der Waals surface area contributed by atoms with Crippen LogP contribution in [-0.2, 0) is 34.4 Å². The number of carbonyl (C=O) groups is 2. The van der Waals surface area contributed by atoms with Gasteiger partial charge in [0.05, 0.1) is 0 Å². The second-order valence-electron chi connectivity index (χ2n) is 10.9. The van der Waals surface area contributed by atoms with Crippen molar-refractivity contribution < 1.29 is 14.0 Å². The Morgan fingerprint density at radius 1 is 0.868 bits per heavy atom. The number of nitrogens with one attached hydrogen (secondary N) is 1. The van der Waals surface area contributed by atoms with Gasteiger partial charge >= 0.3 is 0 Å². The van der Waals surface area contributed by atoms with E-state index in [0.717, 1.165) is 29.5 Å². The van der Waals surface area contributed by atoms with Crippen LogP contribution in [-0.4, -0.2) is 29.3 Å². The summed E-state index contributed by atoms with van der Waals surface area (Å²) in [5, 5.41) is 3.04. The van der Waals surface area contributed by atoms with Crippen LogP contribution in [0.15, 0.2) is 78.9 Å². The highest BCUT2D eigenvalue weighted by molar-refractivity contribution is 5.88. The van der Waals surface area contributed by atoms with Crippen molar-refractivity contribution in [3.8, 4) is 0 Å². The minimum atomic E-state index is -0.671. The molecule has 3 aromatic carbocycles. The van der Waals surface area contributed by atoms with Crippen molar-refractivity contribution in [1.29, 1.82) is 0 Å². The molecule has 5 heteroatoms. The number of unbranched alkanes of at least 4 members (excludes halogenated alkanes) is 1. The molecule has 1 atom stereocenters. The molecule has 0 spiro atoms. The summed E-state index contributed by atoms with van der Waals surface area (Å²) in [6.45, 7) is 9.41. The molecule has 0 heterocycles. The number of carbonyl (C=O) groups excluding carboxylic acids is 2. The highest BCUT2D eigenvalue weighted by Gasteiger charge is 2.30. The van der Waals surface area contributed by atoms with Crippen molar-refractivity contribution in [3.05, 3.63) is 107 Å². The zero-order valence-electron chi connectivity index (χ0n) is 23.2. The van der Waals surface area contributed by atoms with Gasteiger partial charge in [0.1, 0.15) is 11.9 Å². The predicted octanol–water partition coefficient (Wildman–Crippen LogP) is 6.61. The molecule has 0 radical (unpaired) electrons. The number of nitrogens with zero attached hydrogens (tertiary/aromatic N) is 1. The molecule has 3 rings (SSSR count). The van der Waals surface area contributed by atoms with E-state index >= 15 is 0 Å². The number of benzene rings is 3. The van der Waals surface area contributed by atoms with Gasteiger partial charge in [0, 0.05) is 25.9 Å². The average molecular weight is 517 g/mol. The second kappa shape index (κ2) is 13.9. The van der Waals surface area contributed by atoms with Gasteiger partial charge in [0.2, 0.25) is 11.8 Å². The van der Waals surface area contributed by atoms with Gasteiger partial charge in [-0.2, -0.15) is 0 Å². The summed E-state index contributed by atoms with van der Waals surface area (Å²) in [6.07, 6.45) is 3.12. The maximum absolute atomic E-state index is 13.8. The first kappa shape index (κ1) is 29.1. The molecule has 0 aliphatic carbocycles. The van der Waals surface area contributed by atoms with Crippen LogP contribution in [0, 0.1) is 5.82 Å². The van der Waals surface area contributed by atoms with Gasteiger partial charge in [-0.1, -0.05) is 101 Å². The van der Waals surface area contributed by atoms with E-state index in [4.69, 9.17) is 0 Å². The van der Waals surface area contributed by atoms with E-state index in [1.165, 1.54) is 17.7 Å². The van der Waals surface area contributed by atoms with E-state index in [9.17, 15) is 14.0 Å². The van der Waals surface area contributed by atoms with Crippen LogP contribution in [0.1, 0.15) is 69.2 Å². The first-order chi connectivity index (χ1) is 18.2. The van der Waals surface area contributed by atoms with E-state index in [-0.39, 0.29) is 36.0 Å². The first-order valence-corrected chi connectivity index (χ1v) is 13.6. The Labute approximate surface area is 227 Å². The van der Waals surface area contributed by atoms with Crippen molar-refractivity contribution in [1.82, 2.24) is 10.2 Å². The highest BCUT2D eigenvalue weighted by Crippen LogP contribution is 2.23. The molecular formula is C33H41FN2O2. The van der Waals surface area contributed by atoms with Crippen LogP contribution in [0.4, 0.5) is 4.39 Å². The fourth-order valence-corrected chi connectivity index (χ4v) is 4.41. The summed E-state index contributed by atoms with van der Waals surface area (Å²) in [4.78, 5) is 28.9. The fourth-order valence-electron chi connectivity index (χ4n) is 4.41. The minimum Gasteiger partial charge on any atom is -0.354 e. The van der Waals surface area contributed by atoms with Crippen LogP contribution in [0.3, 0.4) is 0 Å². The molecule has 1 N–H and O–H groups in total. The number of halogens is 1. The number of hydrogen-bond donors (Lipinski definition) is 1. The highest BCUT2D eigenvalue weighted by atomic mass is 19.1. The number of amides is 2. The van der Waals surface area contributed by atoms with Crippen LogP contribution in [0.2, 0.25) is 0 Å². The number of rotatable bonds is 12. The lowest BCUT2D eigenvalue weighted by Gasteiger charge is -2.32. The quantitative estimate of drug-likeness (QED) is 0.275. The molecule has 0 aromatic heterocycles. The normalized spacial score (nSPS) is 12.1. The maximum atomic E-state index is 13.8. The Hall–Kier alpha value is -3.47. The standard InChI is InChI=1S/C33H41FN2O2/c1-5-6-22-35-32(38)30(23-26-10-8-7-9-11-26)36(24-27-14-19-29(34)20-15-27)31(37)21-16-25-12-17-28(18-13-25)33(2,3)4/h7-15,17-20,30H,5-6,16,21-24H2,1-4H3,(H,35,38)/t30-/m1/s1. The maximum Gasteiger partial charge on any atom is 0.243 e.